The van der Waals surface area contributed by atoms with Crippen molar-refractivity contribution < 1.29 is 35.9 Å². The molecule has 3 rings (SSSR count). The van der Waals surface area contributed by atoms with Crippen LogP contribution in [0.2, 0.25) is 0 Å². The van der Waals surface area contributed by atoms with Gasteiger partial charge in [0.2, 0.25) is 0 Å². The van der Waals surface area contributed by atoms with Crippen molar-refractivity contribution in [2.75, 3.05) is 39.3 Å². The van der Waals surface area contributed by atoms with E-state index >= 15 is 0 Å². The number of hydrazine groups is 1. The molecule has 2 fully saturated rings. The smallest absolute Gasteiger partial charge is 0.368 e. The van der Waals surface area contributed by atoms with Gasteiger partial charge in [-0.1, -0.05) is 19.3 Å². The summed E-state index contributed by atoms with van der Waals surface area (Å²) in [7, 11) is 0. The molecule has 4 N–H and O–H groups in total. The van der Waals surface area contributed by atoms with Crippen molar-refractivity contribution in [3.05, 3.63) is 23.2 Å². The second kappa shape index (κ2) is 14.2. The Balaban J connectivity index is 1.64. The van der Waals surface area contributed by atoms with E-state index in [9.17, 15) is 35.9 Å². The van der Waals surface area contributed by atoms with Crippen LogP contribution in [-0.2, 0) is 9.59 Å². The zero-order valence-electron chi connectivity index (χ0n) is 22.5. The van der Waals surface area contributed by atoms with Crippen LogP contribution in [-0.4, -0.2) is 85.1 Å². The van der Waals surface area contributed by atoms with Crippen LogP contribution in [0.3, 0.4) is 0 Å². The highest BCUT2D eigenvalue weighted by atomic mass is 19.4. The molecule has 2 heterocycles. The molecule has 1 saturated carbocycles. The predicted molar refractivity (Wildman–Crippen MR) is 136 cm³/mol. The zero-order chi connectivity index (χ0) is 29.3. The lowest BCUT2D eigenvalue weighted by atomic mass is 9.95. The fourth-order valence-corrected chi connectivity index (χ4v) is 4.91. The average molecular weight is 582 g/mol. The molecule has 226 valence electrons. The Morgan fingerprint density at radius 2 is 1.62 bits per heavy atom. The van der Waals surface area contributed by atoms with Crippen molar-refractivity contribution in [2.24, 2.45) is 4.99 Å². The third-order valence-electron chi connectivity index (χ3n) is 7.10. The Morgan fingerprint density at radius 1 is 0.950 bits per heavy atom. The second-order valence-electron chi connectivity index (χ2n) is 10.2. The molecule has 2 amide bonds. The Labute approximate surface area is 229 Å². The maximum absolute atomic E-state index is 13.0. The van der Waals surface area contributed by atoms with Gasteiger partial charge in [0.15, 0.2) is 0 Å². The van der Waals surface area contributed by atoms with E-state index < -0.39 is 24.2 Å². The van der Waals surface area contributed by atoms with E-state index in [-0.39, 0.29) is 32.0 Å². The summed E-state index contributed by atoms with van der Waals surface area (Å²) in [4.78, 5) is 29.9. The Hall–Kier alpha value is -2.81. The standard InChI is InChI=1S/C25H37F6N7O2/c1-17-8-9-20(36-33-11-5-10-32-18-6-3-2-4-7-18)34-21(35-22(39)24(26,27)28)16-19(17)37-12-14-38(15-13-37)23(40)25(29,30)31/h16,18,32-33H,2-15H2,1H3,(H,34,36)(H,35,39). The molecule has 0 spiro atoms. The highest BCUT2D eigenvalue weighted by Gasteiger charge is 2.43. The van der Waals surface area contributed by atoms with Crippen molar-refractivity contribution in [2.45, 2.75) is 76.7 Å². The van der Waals surface area contributed by atoms with Gasteiger partial charge in [-0.2, -0.15) is 26.3 Å². The van der Waals surface area contributed by atoms with E-state index in [1.165, 1.54) is 38.2 Å². The van der Waals surface area contributed by atoms with Gasteiger partial charge in [0.05, 0.1) is 0 Å². The Bertz CT molecular complexity index is 979. The molecule has 0 aromatic rings. The van der Waals surface area contributed by atoms with Gasteiger partial charge in [-0.3, -0.25) is 9.59 Å². The first kappa shape index (κ1) is 31.7. The van der Waals surface area contributed by atoms with Gasteiger partial charge in [-0.15, -0.1) is 0 Å². The number of nitrogens with one attached hydrogen (secondary N) is 4. The molecular formula is C25H37F6N7O2. The van der Waals surface area contributed by atoms with Crippen molar-refractivity contribution >= 4 is 17.6 Å². The molecule has 15 heteroatoms. The fraction of sp³-hybridized carbons (Fsp3) is 0.720. The minimum absolute atomic E-state index is 0.0385. The molecule has 40 heavy (non-hydrogen) atoms. The van der Waals surface area contributed by atoms with E-state index in [1.807, 2.05) is 0 Å². The topological polar surface area (TPSA) is 101 Å². The first-order valence-corrected chi connectivity index (χ1v) is 13.5. The number of hydrogen-bond donors (Lipinski definition) is 4. The number of rotatable bonds is 8. The van der Waals surface area contributed by atoms with Gasteiger partial charge in [-0.05, 0) is 44.7 Å². The third-order valence-corrected chi connectivity index (χ3v) is 7.10. The molecule has 0 atom stereocenters. The van der Waals surface area contributed by atoms with Crippen LogP contribution in [0.1, 0.15) is 58.3 Å². The number of amidine groups is 1. The summed E-state index contributed by atoms with van der Waals surface area (Å²) in [5.41, 5.74) is 7.15. The molecule has 0 aromatic carbocycles. The lowest BCUT2D eigenvalue weighted by molar-refractivity contribution is -0.186. The number of carbonyl (C=O) groups is 2. The molecule has 9 nitrogen and oxygen atoms in total. The van der Waals surface area contributed by atoms with Gasteiger partial charge in [0.25, 0.3) is 0 Å². The minimum Gasteiger partial charge on any atom is -0.368 e. The molecule has 1 aliphatic carbocycles. The Kier molecular flexibility index (Phi) is 11.3. The number of amides is 2. The molecule has 0 aromatic heterocycles. The number of hydrogen-bond acceptors (Lipinski definition) is 7. The van der Waals surface area contributed by atoms with Gasteiger partial charge in [0, 0.05) is 57.0 Å². The second-order valence-corrected chi connectivity index (χ2v) is 10.2. The lowest BCUT2D eigenvalue weighted by Crippen LogP contribution is -2.52. The summed E-state index contributed by atoms with van der Waals surface area (Å²) >= 11 is 0. The maximum Gasteiger partial charge on any atom is 0.471 e. The van der Waals surface area contributed by atoms with Gasteiger partial charge < -0.3 is 25.9 Å². The van der Waals surface area contributed by atoms with E-state index in [0.717, 1.165) is 18.5 Å². The largest absolute Gasteiger partial charge is 0.471 e. The van der Waals surface area contributed by atoms with Crippen LogP contribution in [0.5, 0.6) is 0 Å². The van der Waals surface area contributed by atoms with Crippen LogP contribution in [0.15, 0.2) is 28.2 Å². The monoisotopic (exact) mass is 581 g/mol. The first-order chi connectivity index (χ1) is 18.8. The van der Waals surface area contributed by atoms with Crippen molar-refractivity contribution in [3.8, 4) is 0 Å². The summed E-state index contributed by atoms with van der Waals surface area (Å²) in [6, 6.07) is 0.540. The normalized spacial score (nSPS) is 20.0. The summed E-state index contributed by atoms with van der Waals surface area (Å²) in [6.07, 6.45) is -1.13. The minimum atomic E-state index is -5.14. The van der Waals surface area contributed by atoms with E-state index in [0.29, 0.717) is 41.9 Å². The van der Waals surface area contributed by atoms with Crippen LogP contribution in [0, 0.1) is 0 Å². The van der Waals surface area contributed by atoms with E-state index in [4.69, 9.17) is 0 Å². The molecule has 2 aliphatic heterocycles. The SMILES string of the molecule is CC1=C(N2CCN(C(=O)C(F)(F)F)CC2)C=C(NC(=O)C(F)(F)F)N=C(NNCCCNC2CCCCC2)CC1. The zero-order valence-corrected chi connectivity index (χ0v) is 22.5. The van der Waals surface area contributed by atoms with Crippen LogP contribution in [0.25, 0.3) is 0 Å². The number of halogens is 6. The number of allylic oxidation sites excluding steroid dienone is 2. The van der Waals surface area contributed by atoms with Gasteiger partial charge in [-0.25, -0.2) is 10.4 Å². The summed E-state index contributed by atoms with van der Waals surface area (Å²) in [6.45, 7) is 2.83. The molecule has 1 saturated heterocycles. The van der Waals surface area contributed by atoms with Gasteiger partial charge in [0.1, 0.15) is 11.7 Å². The quantitative estimate of drug-likeness (QED) is 0.200. The van der Waals surface area contributed by atoms with Crippen molar-refractivity contribution in [1.29, 1.82) is 0 Å². The third kappa shape index (κ3) is 9.68. The van der Waals surface area contributed by atoms with Crippen LogP contribution < -0.4 is 21.5 Å². The fourth-order valence-electron chi connectivity index (χ4n) is 4.91. The highest BCUT2D eigenvalue weighted by Crippen LogP contribution is 2.25. The van der Waals surface area contributed by atoms with Gasteiger partial charge >= 0.3 is 24.2 Å². The summed E-state index contributed by atoms with van der Waals surface area (Å²) < 4.78 is 77.4. The van der Waals surface area contributed by atoms with Crippen LogP contribution in [0.4, 0.5) is 26.3 Å². The number of carbonyl (C=O) groups excluding carboxylic acids is 2. The van der Waals surface area contributed by atoms with Crippen LogP contribution >= 0.6 is 0 Å². The molecule has 3 aliphatic rings. The number of alkyl halides is 6. The molecule has 0 radical (unpaired) electrons. The number of piperazine rings is 1. The number of aliphatic imine (C=N–C) groups is 1. The van der Waals surface area contributed by atoms with E-state index in [1.54, 1.807) is 17.1 Å². The summed E-state index contributed by atoms with van der Waals surface area (Å²) in [5, 5.41) is 5.33. The molecule has 0 unspecified atom stereocenters. The van der Waals surface area contributed by atoms with E-state index in [2.05, 4.69) is 21.2 Å². The highest BCUT2D eigenvalue weighted by molar-refractivity contribution is 5.86. The maximum atomic E-state index is 13.0. The average Bonchev–Trinajstić information content (AvgIpc) is 2.90. The first-order valence-electron chi connectivity index (χ1n) is 13.5. The molecular weight excluding hydrogens is 544 g/mol. The predicted octanol–water partition coefficient (Wildman–Crippen LogP) is 3.09. The molecule has 0 bridgehead atoms. The summed E-state index contributed by atoms with van der Waals surface area (Å²) in [5.74, 6) is -4.15. The number of nitrogens with zero attached hydrogens (tertiary/aromatic N) is 3. The lowest BCUT2D eigenvalue weighted by Gasteiger charge is -2.38. The Morgan fingerprint density at radius 3 is 2.25 bits per heavy atom. The van der Waals surface area contributed by atoms with Crippen molar-refractivity contribution in [3.63, 3.8) is 0 Å². The van der Waals surface area contributed by atoms with Crippen molar-refractivity contribution in [1.82, 2.24) is 31.3 Å².